The third-order valence-electron chi connectivity index (χ3n) is 8.69. The van der Waals surface area contributed by atoms with Gasteiger partial charge in [0.2, 0.25) is 0 Å². The molecule has 0 aromatic heterocycles. The Kier molecular flexibility index (Phi) is 5.04. The molecule has 1 aliphatic carbocycles. The molecule has 5 rings (SSSR count). The molecule has 2 nitrogen and oxygen atoms in total. The maximum Gasteiger partial charge on any atom is 0.0537 e. The van der Waals surface area contributed by atoms with Crippen LogP contribution in [0.4, 0.5) is 11.4 Å². The van der Waals surface area contributed by atoms with Crippen LogP contribution >= 0.6 is 0 Å². The lowest BCUT2D eigenvalue weighted by Gasteiger charge is -2.46. The average molecular weight is 469 g/mol. The standard InChI is InChI=1S/C33H44N2/c1-19(2)34-29-15-27-25(13-23(29)21(5)17-31(34,7)8)26-14-24-22(6)18-32(9,10)35(20(3)4)30(24)16-28(26)33(27,11)12/h13-20H,1-12H3. The van der Waals surface area contributed by atoms with Crippen molar-refractivity contribution in [3.05, 3.63) is 58.7 Å². The first-order valence-electron chi connectivity index (χ1n) is 13.4. The zero-order valence-electron chi connectivity index (χ0n) is 24.0. The van der Waals surface area contributed by atoms with E-state index in [0.717, 1.165) is 0 Å². The van der Waals surface area contributed by atoms with Gasteiger partial charge in [-0.3, -0.25) is 0 Å². The number of nitrogens with zero attached hydrogens (tertiary/aromatic N) is 2. The van der Waals surface area contributed by atoms with Crippen LogP contribution in [0.25, 0.3) is 22.3 Å². The average Bonchev–Trinajstić information content (AvgIpc) is 2.90. The van der Waals surface area contributed by atoms with E-state index in [-0.39, 0.29) is 16.5 Å². The third-order valence-corrected chi connectivity index (χ3v) is 8.69. The molecule has 2 aromatic rings. The SMILES string of the molecule is CC1=CC(C)(C)N(C(C)C)c2cc3c(cc21)-c1cc2c(cc1C3(C)C)N(C(C)C)C(C)(C)C=C2C. The lowest BCUT2D eigenvalue weighted by atomic mass is 9.79. The summed E-state index contributed by atoms with van der Waals surface area (Å²) >= 11 is 0. The largest absolute Gasteiger partial charge is 0.360 e. The minimum atomic E-state index is -0.0432. The van der Waals surface area contributed by atoms with Gasteiger partial charge in [-0.05, 0) is 127 Å². The Bertz CT molecular complexity index is 1200. The van der Waals surface area contributed by atoms with Crippen LogP contribution in [0.15, 0.2) is 36.4 Å². The molecule has 2 aromatic carbocycles. The van der Waals surface area contributed by atoms with Crippen molar-refractivity contribution in [2.45, 2.75) is 112 Å². The first kappa shape index (κ1) is 24.2. The minimum Gasteiger partial charge on any atom is -0.360 e. The number of rotatable bonds is 2. The molecule has 35 heavy (non-hydrogen) atoms. The van der Waals surface area contributed by atoms with Crippen molar-refractivity contribution in [3.63, 3.8) is 0 Å². The maximum absolute atomic E-state index is 2.61. The molecule has 0 spiro atoms. The Labute approximate surface area is 213 Å². The van der Waals surface area contributed by atoms with E-state index in [1.807, 2.05) is 0 Å². The lowest BCUT2D eigenvalue weighted by Crippen LogP contribution is -2.49. The molecule has 186 valence electrons. The molecule has 0 fully saturated rings. The highest BCUT2D eigenvalue weighted by Crippen LogP contribution is 2.55. The lowest BCUT2D eigenvalue weighted by molar-refractivity contribution is 0.506. The van der Waals surface area contributed by atoms with E-state index in [2.05, 4.69) is 129 Å². The second kappa shape index (κ2) is 7.28. The minimum absolute atomic E-state index is 0.000564. The summed E-state index contributed by atoms with van der Waals surface area (Å²) in [6.07, 6.45) is 4.90. The molecule has 0 saturated carbocycles. The molecule has 2 heterocycles. The molecule has 0 amide bonds. The van der Waals surface area contributed by atoms with Crippen molar-refractivity contribution >= 4 is 22.5 Å². The van der Waals surface area contributed by atoms with Crippen molar-refractivity contribution in [1.29, 1.82) is 0 Å². The fraction of sp³-hybridized carbons (Fsp3) is 0.515. The van der Waals surface area contributed by atoms with Gasteiger partial charge in [-0.2, -0.15) is 0 Å². The molecular formula is C33H44N2. The Morgan fingerprint density at radius 3 is 1.20 bits per heavy atom. The summed E-state index contributed by atoms with van der Waals surface area (Å²) in [5.41, 5.74) is 14.0. The van der Waals surface area contributed by atoms with E-state index in [1.165, 1.54) is 55.9 Å². The number of hydrogen-bond donors (Lipinski definition) is 0. The smallest absolute Gasteiger partial charge is 0.0537 e. The van der Waals surface area contributed by atoms with E-state index in [0.29, 0.717) is 12.1 Å². The Hall–Kier alpha value is -2.48. The summed E-state index contributed by atoms with van der Waals surface area (Å²) in [6, 6.07) is 10.9. The summed E-state index contributed by atoms with van der Waals surface area (Å²) in [7, 11) is 0. The van der Waals surface area contributed by atoms with Gasteiger partial charge in [-0.25, -0.2) is 0 Å². The topological polar surface area (TPSA) is 6.48 Å². The summed E-state index contributed by atoms with van der Waals surface area (Å²) < 4.78 is 0. The van der Waals surface area contributed by atoms with Crippen molar-refractivity contribution < 1.29 is 0 Å². The normalized spacial score (nSPS) is 20.9. The molecule has 0 bridgehead atoms. The number of fused-ring (bicyclic) bond motifs is 5. The molecule has 2 aliphatic heterocycles. The van der Waals surface area contributed by atoms with Crippen molar-refractivity contribution in [2.24, 2.45) is 0 Å². The van der Waals surface area contributed by atoms with Crippen LogP contribution in [0.2, 0.25) is 0 Å². The van der Waals surface area contributed by atoms with Gasteiger partial charge in [0.1, 0.15) is 0 Å². The fourth-order valence-electron chi connectivity index (χ4n) is 7.69. The van der Waals surface area contributed by atoms with Crippen LogP contribution in [0, 0.1) is 0 Å². The van der Waals surface area contributed by atoms with Gasteiger partial charge in [-0.15, -0.1) is 0 Å². The first-order valence-corrected chi connectivity index (χ1v) is 13.4. The van der Waals surface area contributed by atoms with Gasteiger partial charge in [0, 0.05) is 40.0 Å². The molecular weight excluding hydrogens is 424 g/mol. The van der Waals surface area contributed by atoms with Gasteiger partial charge >= 0.3 is 0 Å². The predicted molar refractivity (Wildman–Crippen MR) is 155 cm³/mol. The van der Waals surface area contributed by atoms with Gasteiger partial charge in [0.15, 0.2) is 0 Å². The highest BCUT2D eigenvalue weighted by Gasteiger charge is 2.42. The quantitative estimate of drug-likeness (QED) is 0.434. The second-order valence-electron chi connectivity index (χ2n) is 13.3. The molecule has 2 heteroatoms. The summed E-state index contributed by atoms with van der Waals surface area (Å²) in [4.78, 5) is 5.21. The van der Waals surface area contributed by atoms with E-state index < -0.39 is 0 Å². The molecule has 0 radical (unpaired) electrons. The van der Waals surface area contributed by atoms with Crippen LogP contribution in [-0.2, 0) is 5.41 Å². The highest BCUT2D eigenvalue weighted by molar-refractivity contribution is 5.94. The zero-order valence-corrected chi connectivity index (χ0v) is 24.0. The Morgan fingerprint density at radius 1 is 0.543 bits per heavy atom. The molecule has 0 N–H and O–H groups in total. The second-order valence-corrected chi connectivity index (χ2v) is 13.3. The van der Waals surface area contributed by atoms with Crippen molar-refractivity contribution in [3.8, 4) is 11.1 Å². The number of allylic oxidation sites excluding steroid dienone is 2. The van der Waals surface area contributed by atoms with Crippen molar-refractivity contribution in [2.75, 3.05) is 9.80 Å². The van der Waals surface area contributed by atoms with Crippen LogP contribution < -0.4 is 9.80 Å². The van der Waals surface area contributed by atoms with Gasteiger partial charge in [0.25, 0.3) is 0 Å². The summed E-state index contributed by atoms with van der Waals surface area (Å²) in [5.74, 6) is 0. The first-order chi connectivity index (χ1) is 16.1. The predicted octanol–water partition coefficient (Wildman–Crippen LogP) is 8.81. The highest BCUT2D eigenvalue weighted by atomic mass is 15.2. The Morgan fingerprint density at radius 2 is 0.886 bits per heavy atom. The number of benzene rings is 2. The third kappa shape index (κ3) is 3.28. The molecule has 0 unspecified atom stereocenters. The summed E-state index contributed by atoms with van der Waals surface area (Å²) in [5, 5.41) is 0. The van der Waals surface area contributed by atoms with E-state index in [4.69, 9.17) is 0 Å². The fourth-order valence-corrected chi connectivity index (χ4v) is 7.69. The van der Waals surface area contributed by atoms with E-state index in [1.54, 1.807) is 0 Å². The van der Waals surface area contributed by atoms with Crippen molar-refractivity contribution in [1.82, 2.24) is 0 Å². The molecule has 3 aliphatic rings. The molecule has 0 saturated heterocycles. The summed E-state index contributed by atoms with van der Waals surface area (Å²) in [6.45, 7) is 28.1. The van der Waals surface area contributed by atoms with Crippen LogP contribution in [-0.4, -0.2) is 23.2 Å². The van der Waals surface area contributed by atoms with E-state index in [9.17, 15) is 0 Å². The molecule has 0 atom stereocenters. The van der Waals surface area contributed by atoms with Gasteiger partial charge < -0.3 is 9.80 Å². The zero-order chi connectivity index (χ0) is 25.8. The number of hydrogen-bond acceptors (Lipinski definition) is 2. The van der Waals surface area contributed by atoms with Gasteiger partial charge in [-0.1, -0.05) is 26.0 Å². The van der Waals surface area contributed by atoms with Gasteiger partial charge in [0.05, 0.1) is 11.1 Å². The number of anilines is 2. The Balaban J connectivity index is 1.78. The van der Waals surface area contributed by atoms with Crippen LogP contribution in [0.5, 0.6) is 0 Å². The maximum atomic E-state index is 2.61. The monoisotopic (exact) mass is 468 g/mol. The van der Waals surface area contributed by atoms with Crippen LogP contribution in [0.1, 0.15) is 105 Å². The van der Waals surface area contributed by atoms with E-state index >= 15 is 0 Å². The van der Waals surface area contributed by atoms with Crippen LogP contribution in [0.3, 0.4) is 0 Å².